The van der Waals surface area contributed by atoms with E-state index in [1.165, 1.54) is 6.07 Å². The number of phenols is 1. The molecule has 0 aliphatic carbocycles. The summed E-state index contributed by atoms with van der Waals surface area (Å²) in [7, 11) is 0. The van der Waals surface area contributed by atoms with E-state index in [9.17, 15) is 18.3 Å². The van der Waals surface area contributed by atoms with Crippen LogP contribution in [0.15, 0.2) is 60.7 Å². The van der Waals surface area contributed by atoms with Gasteiger partial charge < -0.3 is 14.6 Å². The van der Waals surface area contributed by atoms with Crippen LogP contribution in [-0.4, -0.2) is 42.9 Å². The number of ether oxygens (including phenoxy) is 2. The van der Waals surface area contributed by atoms with E-state index in [1.54, 1.807) is 24.3 Å². The minimum atomic E-state index is -0.929. The molecule has 1 unspecified atom stereocenters. The molecule has 2 aliphatic rings. The molecule has 0 radical (unpaired) electrons. The summed E-state index contributed by atoms with van der Waals surface area (Å²) in [6.07, 6.45) is -0.595. The Bertz CT molecular complexity index is 1250. The van der Waals surface area contributed by atoms with Gasteiger partial charge in [0.2, 0.25) is 0 Å². The Morgan fingerprint density at radius 1 is 1.00 bits per heavy atom. The Kier molecular flexibility index (Phi) is 6.43. The summed E-state index contributed by atoms with van der Waals surface area (Å²) < 4.78 is 52.5. The topological polar surface area (TPSA) is 41.9 Å². The van der Waals surface area contributed by atoms with Crippen molar-refractivity contribution >= 4 is 11.1 Å². The zero-order valence-corrected chi connectivity index (χ0v) is 19.3. The number of phenolic OH excluding ortho intramolecular Hbond substituents is 1. The van der Waals surface area contributed by atoms with Gasteiger partial charge in [-0.1, -0.05) is 18.2 Å². The number of benzene rings is 3. The second kappa shape index (κ2) is 9.66. The van der Waals surface area contributed by atoms with Crippen LogP contribution >= 0.6 is 0 Å². The number of halogens is 3. The van der Waals surface area contributed by atoms with Crippen molar-refractivity contribution in [3.05, 3.63) is 89.0 Å². The Morgan fingerprint density at radius 2 is 1.77 bits per heavy atom. The molecule has 1 atom stereocenters. The number of alkyl halides is 1. The molecule has 0 amide bonds. The molecule has 0 aromatic heterocycles. The summed E-state index contributed by atoms with van der Waals surface area (Å²) in [5.41, 5.74) is 3.67. The SMILES string of the molecule is CC1=C(c2ccc(F)c(F)c2)C(c2ccc(OCCN3CC(CF)C3)cc2)Oc2cc(O)ccc21. The fourth-order valence-corrected chi connectivity index (χ4v) is 4.70. The highest BCUT2D eigenvalue weighted by molar-refractivity contribution is 5.95. The highest BCUT2D eigenvalue weighted by Crippen LogP contribution is 2.47. The monoisotopic (exact) mass is 481 g/mol. The predicted octanol–water partition coefficient (Wildman–Crippen LogP) is 6.01. The second-order valence-electron chi connectivity index (χ2n) is 9.04. The molecule has 2 aliphatic heterocycles. The van der Waals surface area contributed by atoms with Crippen LogP contribution in [0.5, 0.6) is 17.2 Å². The van der Waals surface area contributed by atoms with Gasteiger partial charge in [0.15, 0.2) is 11.6 Å². The highest BCUT2D eigenvalue weighted by atomic mass is 19.2. The zero-order chi connectivity index (χ0) is 24.5. The van der Waals surface area contributed by atoms with E-state index in [0.29, 0.717) is 23.7 Å². The van der Waals surface area contributed by atoms with Crippen LogP contribution in [0.2, 0.25) is 0 Å². The predicted molar refractivity (Wildman–Crippen MR) is 128 cm³/mol. The van der Waals surface area contributed by atoms with Crippen LogP contribution in [-0.2, 0) is 0 Å². The first kappa shape index (κ1) is 23.3. The number of nitrogens with zero attached hydrogens (tertiary/aromatic N) is 1. The molecule has 0 saturated carbocycles. The number of hydrogen-bond acceptors (Lipinski definition) is 4. The van der Waals surface area contributed by atoms with Crippen molar-refractivity contribution in [1.29, 1.82) is 0 Å². The van der Waals surface area contributed by atoms with E-state index in [1.807, 2.05) is 31.2 Å². The van der Waals surface area contributed by atoms with Gasteiger partial charge in [-0.3, -0.25) is 9.29 Å². The average Bonchev–Trinajstić information content (AvgIpc) is 2.82. The van der Waals surface area contributed by atoms with Crippen LogP contribution in [0.25, 0.3) is 11.1 Å². The molecule has 0 bridgehead atoms. The maximum absolute atomic E-state index is 14.1. The van der Waals surface area contributed by atoms with E-state index < -0.39 is 17.7 Å². The largest absolute Gasteiger partial charge is 0.508 e. The van der Waals surface area contributed by atoms with Crippen molar-refractivity contribution in [2.45, 2.75) is 13.0 Å². The van der Waals surface area contributed by atoms with E-state index >= 15 is 0 Å². The first-order valence-corrected chi connectivity index (χ1v) is 11.6. The lowest BCUT2D eigenvalue weighted by Crippen LogP contribution is -2.49. The number of fused-ring (bicyclic) bond motifs is 1. The fourth-order valence-electron chi connectivity index (χ4n) is 4.70. The van der Waals surface area contributed by atoms with Gasteiger partial charge >= 0.3 is 0 Å². The minimum Gasteiger partial charge on any atom is -0.508 e. The molecule has 35 heavy (non-hydrogen) atoms. The highest BCUT2D eigenvalue weighted by Gasteiger charge is 2.30. The van der Waals surface area contributed by atoms with Crippen molar-refractivity contribution < 1.29 is 27.8 Å². The van der Waals surface area contributed by atoms with Crippen molar-refractivity contribution in [2.24, 2.45) is 5.92 Å². The number of aromatic hydroxyl groups is 1. The Morgan fingerprint density at radius 3 is 2.49 bits per heavy atom. The van der Waals surface area contributed by atoms with Crippen LogP contribution < -0.4 is 9.47 Å². The molecule has 7 heteroatoms. The van der Waals surface area contributed by atoms with Gasteiger partial charge in [0, 0.05) is 42.8 Å². The van der Waals surface area contributed by atoms with Crippen molar-refractivity contribution in [1.82, 2.24) is 4.90 Å². The molecular formula is C28H26F3NO3. The standard InChI is InChI=1S/C28H26F3NO3/c1-17-23-8-5-21(33)13-26(23)35-28(27(17)20-4-9-24(30)25(31)12-20)19-2-6-22(7-3-19)34-11-10-32-15-18(14-29)16-32/h2-9,12-13,18,28,33H,10-11,14-16H2,1H3. The summed E-state index contributed by atoms with van der Waals surface area (Å²) in [6.45, 7) is 4.42. The van der Waals surface area contributed by atoms with E-state index in [2.05, 4.69) is 4.90 Å². The van der Waals surface area contributed by atoms with Gasteiger partial charge in [-0.05, 0) is 60.0 Å². The summed E-state index contributed by atoms with van der Waals surface area (Å²) in [4.78, 5) is 2.16. The number of allylic oxidation sites excluding steroid dienone is 1. The molecule has 1 fully saturated rings. The quantitative estimate of drug-likeness (QED) is 0.449. The molecule has 1 N–H and O–H groups in total. The van der Waals surface area contributed by atoms with Crippen molar-refractivity contribution in [2.75, 3.05) is 32.9 Å². The average molecular weight is 482 g/mol. The Hall–Kier alpha value is -3.45. The minimum absolute atomic E-state index is 0.0790. The molecule has 182 valence electrons. The lowest BCUT2D eigenvalue weighted by Gasteiger charge is -2.37. The van der Waals surface area contributed by atoms with Gasteiger partial charge in [0.25, 0.3) is 0 Å². The third-order valence-corrected chi connectivity index (χ3v) is 6.62. The maximum atomic E-state index is 14.1. The molecule has 3 aromatic rings. The third kappa shape index (κ3) is 4.73. The lowest BCUT2D eigenvalue weighted by atomic mass is 9.86. The normalized spacial score (nSPS) is 18.1. The summed E-state index contributed by atoms with van der Waals surface area (Å²) in [5, 5.41) is 9.96. The number of likely N-dealkylation sites (tertiary alicyclic amines) is 1. The number of rotatable bonds is 7. The van der Waals surface area contributed by atoms with Crippen LogP contribution in [0, 0.1) is 17.6 Å². The molecule has 4 nitrogen and oxygen atoms in total. The Balaban J connectivity index is 1.40. The van der Waals surface area contributed by atoms with Crippen molar-refractivity contribution in [3.63, 3.8) is 0 Å². The molecular weight excluding hydrogens is 455 g/mol. The third-order valence-electron chi connectivity index (χ3n) is 6.62. The fraction of sp³-hybridized carbons (Fsp3) is 0.286. The van der Waals surface area contributed by atoms with Gasteiger partial charge in [-0.2, -0.15) is 0 Å². The van der Waals surface area contributed by atoms with Gasteiger partial charge in [0.05, 0.1) is 6.67 Å². The first-order chi connectivity index (χ1) is 16.9. The number of hydrogen-bond donors (Lipinski definition) is 1. The molecule has 1 saturated heterocycles. The van der Waals surface area contributed by atoms with Gasteiger partial charge in [-0.15, -0.1) is 0 Å². The summed E-state index contributed by atoms with van der Waals surface area (Å²) in [6, 6.07) is 16.1. The molecule has 5 rings (SSSR count). The van der Waals surface area contributed by atoms with E-state index in [4.69, 9.17) is 9.47 Å². The van der Waals surface area contributed by atoms with Crippen molar-refractivity contribution in [3.8, 4) is 17.2 Å². The lowest BCUT2D eigenvalue weighted by molar-refractivity contribution is 0.0668. The second-order valence-corrected chi connectivity index (χ2v) is 9.04. The molecule has 0 spiro atoms. The van der Waals surface area contributed by atoms with Gasteiger partial charge in [0.1, 0.15) is 30.0 Å². The summed E-state index contributed by atoms with van der Waals surface area (Å²) >= 11 is 0. The van der Waals surface area contributed by atoms with E-state index in [0.717, 1.165) is 48.0 Å². The smallest absolute Gasteiger partial charge is 0.159 e. The Labute approximate surface area is 202 Å². The first-order valence-electron chi connectivity index (χ1n) is 11.6. The van der Waals surface area contributed by atoms with Crippen LogP contribution in [0.1, 0.15) is 29.7 Å². The molecule has 2 heterocycles. The van der Waals surface area contributed by atoms with Crippen LogP contribution in [0.4, 0.5) is 13.2 Å². The van der Waals surface area contributed by atoms with E-state index in [-0.39, 0.29) is 18.3 Å². The maximum Gasteiger partial charge on any atom is 0.159 e. The van der Waals surface area contributed by atoms with Crippen LogP contribution in [0.3, 0.4) is 0 Å². The zero-order valence-electron chi connectivity index (χ0n) is 19.3. The summed E-state index contributed by atoms with van der Waals surface area (Å²) in [5.74, 6) is -0.402. The van der Waals surface area contributed by atoms with Gasteiger partial charge in [-0.25, -0.2) is 8.78 Å². The molecule has 3 aromatic carbocycles.